The smallest absolute Gasteiger partial charge is 0.125 e. The van der Waals surface area contributed by atoms with Crippen LogP contribution in [0.4, 0.5) is 0 Å². The van der Waals surface area contributed by atoms with Crippen molar-refractivity contribution in [3.63, 3.8) is 0 Å². The maximum Gasteiger partial charge on any atom is 0.125 e. The van der Waals surface area contributed by atoms with E-state index in [9.17, 15) is 0 Å². The van der Waals surface area contributed by atoms with Crippen LogP contribution in [0.3, 0.4) is 0 Å². The third kappa shape index (κ3) is 3.76. The van der Waals surface area contributed by atoms with Gasteiger partial charge in [0, 0.05) is 12.5 Å². The average Bonchev–Trinajstić information content (AvgIpc) is 2.86. The predicted octanol–water partition coefficient (Wildman–Crippen LogP) is 3.97. The van der Waals surface area contributed by atoms with Gasteiger partial charge in [-0.05, 0) is 42.3 Å². The Bertz CT molecular complexity index is 434. The summed E-state index contributed by atoms with van der Waals surface area (Å²) < 4.78 is 5.81. The van der Waals surface area contributed by atoms with Gasteiger partial charge in [0.05, 0.1) is 6.61 Å². The molecule has 1 unspecified atom stereocenters. The number of hydrogen-bond donors (Lipinski definition) is 1. The monoisotopic (exact) mass is 275 g/mol. The zero-order valence-corrected chi connectivity index (χ0v) is 13.5. The average molecular weight is 275 g/mol. The van der Waals surface area contributed by atoms with Crippen molar-refractivity contribution in [2.24, 2.45) is 5.41 Å². The second-order valence-electron chi connectivity index (χ2n) is 6.92. The van der Waals surface area contributed by atoms with Crippen molar-refractivity contribution in [3.8, 4) is 5.75 Å². The standard InChI is InChI=1S/C18H29NO/c1-5-12-19-16(18(2,3)4)10-9-14-7-6-8-15-11-13-20-17(14)15/h6-8,16,19H,5,9-13H2,1-4H3. The Morgan fingerprint density at radius 2 is 2.10 bits per heavy atom. The normalized spacial score (nSPS) is 15.8. The van der Waals surface area contributed by atoms with Gasteiger partial charge in [0.2, 0.25) is 0 Å². The Kier molecular flexibility index (Phi) is 5.09. The summed E-state index contributed by atoms with van der Waals surface area (Å²) in [6, 6.07) is 7.15. The van der Waals surface area contributed by atoms with Gasteiger partial charge in [-0.25, -0.2) is 0 Å². The Balaban J connectivity index is 2.01. The number of nitrogens with one attached hydrogen (secondary N) is 1. The van der Waals surface area contributed by atoms with Gasteiger partial charge in [-0.15, -0.1) is 0 Å². The van der Waals surface area contributed by atoms with Gasteiger partial charge in [0.25, 0.3) is 0 Å². The topological polar surface area (TPSA) is 21.3 Å². The Labute approximate surface area is 123 Å². The number of benzene rings is 1. The first kappa shape index (κ1) is 15.4. The minimum atomic E-state index is 0.300. The molecule has 1 aliphatic rings. The highest BCUT2D eigenvalue weighted by molar-refractivity contribution is 5.44. The van der Waals surface area contributed by atoms with E-state index in [1.54, 1.807) is 0 Å². The molecular weight excluding hydrogens is 246 g/mol. The molecule has 0 aromatic heterocycles. The summed E-state index contributed by atoms with van der Waals surface area (Å²) in [5.41, 5.74) is 3.07. The van der Waals surface area contributed by atoms with Crippen LogP contribution in [0.1, 0.15) is 51.7 Å². The van der Waals surface area contributed by atoms with Crippen LogP contribution >= 0.6 is 0 Å². The fraction of sp³-hybridized carbons (Fsp3) is 0.667. The van der Waals surface area contributed by atoms with E-state index in [4.69, 9.17) is 4.74 Å². The molecule has 1 aromatic carbocycles. The van der Waals surface area contributed by atoms with Crippen LogP contribution in [0.25, 0.3) is 0 Å². The van der Waals surface area contributed by atoms with Crippen molar-refractivity contribution >= 4 is 0 Å². The first-order valence-corrected chi connectivity index (χ1v) is 7.99. The van der Waals surface area contributed by atoms with E-state index in [0.29, 0.717) is 11.5 Å². The van der Waals surface area contributed by atoms with E-state index in [1.165, 1.54) is 24.0 Å². The number of para-hydroxylation sites is 1. The quantitative estimate of drug-likeness (QED) is 0.848. The molecule has 1 heterocycles. The molecule has 1 aromatic rings. The molecule has 0 bridgehead atoms. The molecule has 2 nitrogen and oxygen atoms in total. The number of rotatable bonds is 6. The summed E-state index contributed by atoms with van der Waals surface area (Å²) in [4.78, 5) is 0. The van der Waals surface area contributed by atoms with Gasteiger partial charge in [-0.1, -0.05) is 45.9 Å². The molecule has 0 saturated carbocycles. The summed E-state index contributed by atoms with van der Waals surface area (Å²) >= 11 is 0. The van der Waals surface area contributed by atoms with Crippen molar-refractivity contribution in [2.75, 3.05) is 13.2 Å². The van der Waals surface area contributed by atoms with Gasteiger partial charge < -0.3 is 10.1 Å². The number of hydrogen-bond acceptors (Lipinski definition) is 2. The Hall–Kier alpha value is -1.02. The van der Waals surface area contributed by atoms with Crippen LogP contribution in [0.5, 0.6) is 5.75 Å². The highest BCUT2D eigenvalue weighted by Gasteiger charge is 2.24. The highest BCUT2D eigenvalue weighted by Crippen LogP contribution is 2.31. The fourth-order valence-electron chi connectivity index (χ4n) is 2.94. The Morgan fingerprint density at radius 3 is 2.80 bits per heavy atom. The zero-order valence-electron chi connectivity index (χ0n) is 13.5. The van der Waals surface area contributed by atoms with Crippen molar-refractivity contribution in [3.05, 3.63) is 29.3 Å². The minimum absolute atomic E-state index is 0.300. The van der Waals surface area contributed by atoms with Crippen molar-refractivity contribution in [2.45, 2.75) is 59.4 Å². The van der Waals surface area contributed by atoms with Gasteiger partial charge >= 0.3 is 0 Å². The summed E-state index contributed by atoms with van der Waals surface area (Å²) in [5.74, 6) is 1.16. The Morgan fingerprint density at radius 1 is 1.30 bits per heavy atom. The molecule has 1 N–H and O–H groups in total. The highest BCUT2D eigenvalue weighted by atomic mass is 16.5. The fourth-order valence-corrected chi connectivity index (χ4v) is 2.94. The van der Waals surface area contributed by atoms with Crippen LogP contribution in [0.2, 0.25) is 0 Å². The SMILES string of the molecule is CCCNC(CCc1cccc2c1OCC2)C(C)(C)C. The number of aryl methyl sites for hydroxylation is 1. The molecule has 0 amide bonds. The third-order valence-electron chi connectivity index (χ3n) is 4.18. The van der Waals surface area contributed by atoms with E-state index >= 15 is 0 Å². The first-order valence-electron chi connectivity index (χ1n) is 7.99. The van der Waals surface area contributed by atoms with E-state index in [2.05, 4.69) is 51.2 Å². The summed E-state index contributed by atoms with van der Waals surface area (Å²) in [5, 5.41) is 3.71. The lowest BCUT2D eigenvalue weighted by Gasteiger charge is -2.32. The van der Waals surface area contributed by atoms with Gasteiger partial charge in [0.1, 0.15) is 5.75 Å². The van der Waals surface area contributed by atoms with E-state index in [0.717, 1.165) is 31.7 Å². The predicted molar refractivity (Wildman–Crippen MR) is 85.5 cm³/mol. The summed E-state index contributed by atoms with van der Waals surface area (Å²) in [6.45, 7) is 11.2. The molecule has 2 rings (SSSR count). The molecule has 0 aliphatic carbocycles. The number of fused-ring (bicyclic) bond motifs is 1. The lowest BCUT2D eigenvalue weighted by molar-refractivity contribution is 0.254. The first-order chi connectivity index (χ1) is 9.52. The molecule has 2 heteroatoms. The zero-order chi connectivity index (χ0) is 14.6. The van der Waals surface area contributed by atoms with E-state index < -0.39 is 0 Å². The molecule has 1 aliphatic heterocycles. The second kappa shape index (κ2) is 6.62. The molecule has 0 saturated heterocycles. The molecular formula is C18H29NO. The van der Waals surface area contributed by atoms with E-state index in [-0.39, 0.29) is 0 Å². The third-order valence-corrected chi connectivity index (χ3v) is 4.18. The summed E-state index contributed by atoms with van der Waals surface area (Å²) in [6.07, 6.45) is 4.53. The van der Waals surface area contributed by atoms with Crippen LogP contribution < -0.4 is 10.1 Å². The van der Waals surface area contributed by atoms with Crippen LogP contribution in [-0.2, 0) is 12.8 Å². The van der Waals surface area contributed by atoms with Crippen LogP contribution in [-0.4, -0.2) is 19.2 Å². The summed E-state index contributed by atoms with van der Waals surface area (Å²) in [7, 11) is 0. The molecule has 0 spiro atoms. The van der Waals surface area contributed by atoms with Gasteiger partial charge in [-0.3, -0.25) is 0 Å². The molecule has 0 fully saturated rings. The van der Waals surface area contributed by atoms with Crippen LogP contribution in [0, 0.1) is 5.41 Å². The van der Waals surface area contributed by atoms with Crippen molar-refractivity contribution in [1.82, 2.24) is 5.32 Å². The molecule has 1 atom stereocenters. The number of ether oxygens (including phenoxy) is 1. The molecule has 112 valence electrons. The molecule has 20 heavy (non-hydrogen) atoms. The van der Waals surface area contributed by atoms with Gasteiger partial charge in [0.15, 0.2) is 0 Å². The van der Waals surface area contributed by atoms with Crippen LogP contribution in [0.15, 0.2) is 18.2 Å². The van der Waals surface area contributed by atoms with Crippen molar-refractivity contribution in [1.29, 1.82) is 0 Å². The molecule has 0 radical (unpaired) electrons. The lowest BCUT2D eigenvalue weighted by atomic mass is 9.83. The maximum absolute atomic E-state index is 5.81. The maximum atomic E-state index is 5.81. The van der Waals surface area contributed by atoms with Crippen molar-refractivity contribution < 1.29 is 4.74 Å². The largest absolute Gasteiger partial charge is 0.493 e. The minimum Gasteiger partial charge on any atom is -0.493 e. The van der Waals surface area contributed by atoms with Gasteiger partial charge in [-0.2, -0.15) is 0 Å². The lowest BCUT2D eigenvalue weighted by Crippen LogP contribution is -2.41. The second-order valence-corrected chi connectivity index (χ2v) is 6.92. The van der Waals surface area contributed by atoms with E-state index in [1.807, 2.05) is 0 Å².